The van der Waals surface area contributed by atoms with Gasteiger partial charge in [-0.1, -0.05) is 0 Å². The third-order valence-corrected chi connectivity index (χ3v) is 5.28. The molecule has 7 nitrogen and oxygen atoms in total. The number of aromatic amines is 1. The molecule has 152 valence electrons. The van der Waals surface area contributed by atoms with Crippen molar-refractivity contribution in [1.82, 2.24) is 29.8 Å². The maximum absolute atomic E-state index is 13.2. The number of nitrogens with zero attached hydrogens (tertiary/aromatic N) is 5. The molecule has 8 heteroatoms. The Hall–Kier alpha value is -3.00. The maximum Gasteiger partial charge on any atom is 0.272 e. The number of nitrogens with one attached hydrogen (secondary N) is 1. The second-order valence-corrected chi connectivity index (χ2v) is 7.75. The number of aryl methyl sites for hydroxylation is 1. The zero-order chi connectivity index (χ0) is 20.5. The van der Waals surface area contributed by atoms with Crippen LogP contribution in [0.25, 0.3) is 11.3 Å². The van der Waals surface area contributed by atoms with Crippen molar-refractivity contribution in [3.63, 3.8) is 0 Å². The van der Waals surface area contributed by atoms with Gasteiger partial charge in [0.2, 0.25) is 0 Å². The highest BCUT2D eigenvalue weighted by Gasteiger charge is 2.33. The minimum absolute atomic E-state index is 0.0396. The number of hydrogen-bond acceptors (Lipinski definition) is 4. The number of amides is 1. The van der Waals surface area contributed by atoms with Gasteiger partial charge < -0.3 is 9.80 Å². The van der Waals surface area contributed by atoms with Crippen LogP contribution in [0.15, 0.2) is 36.4 Å². The maximum atomic E-state index is 13.2. The molecule has 4 rings (SSSR count). The van der Waals surface area contributed by atoms with Crippen LogP contribution < -0.4 is 0 Å². The van der Waals surface area contributed by atoms with Gasteiger partial charge in [-0.15, -0.1) is 0 Å². The smallest absolute Gasteiger partial charge is 0.272 e. The molecule has 1 saturated heterocycles. The first-order valence-corrected chi connectivity index (χ1v) is 9.72. The van der Waals surface area contributed by atoms with Crippen LogP contribution in [0.5, 0.6) is 0 Å². The number of halogens is 1. The molecule has 2 aromatic heterocycles. The third-order valence-electron chi connectivity index (χ3n) is 5.28. The van der Waals surface area contributed by atoms with Crippen molar-refractivity contribution in [2.45, 2.75) is 25.4 Å². The summed E-state index contributed by atoms with van der Waals surface area (Å²) in [4.78, 5) is 17.1. The number of benzene rings is 1. The normalized spacial score (nSPS) is 16.7. The topological polar surface area (TPSA) is 70.1 Å². The Morgan fingerprint density at radius 1 is 1.28 bits per heavy atom. The van der Waals surface area contributed by atoms with Gasteiger partial charge in [0.05, 0.1) is 23.1 Å². The Bertz CT molecular complexity index is 1010. The molecule has 1 atom stereocenters. The number of H-pyrrole nitrogens is 1. The van der Waals surface area contributed by atoms with E-state index in [1.807, 2.05) is 30.7 Å². The van der Waals surface area contributed by atoms with E-state index in [0.717, 1.165) is 36.3 Å². The van der Waals surface area contributed by atoms with Crippen LogP contribution in [-0.2, 0) is 13.6 Å². The lowest BCUT2D eigenvalue weighted by atomic mass is 10.1. The molecule has 0 unspecified atom stereocenters. The van der Waals surface area contributed by atoms with E-state index >= 15 is 0 Å². The summed E-state index contributed by atoms with van der Waals surface area (Å²) in [6.07, 6.45) is 1.83. The van der Waals surface area contributed by atoms with Crippen molar-refractivity contribution in [3.05, 3.63) is 59.3 Å². The fraction of sp³-hybridized carbons (Fsp3) is 0.381. The van der Waals surface area contributed by atoms with E-state index in [-0.39, 0.29) is 17.8 Å². The predicted octanol–water partition coefficient (Wildman–Crippen LogP) is 2.99. The summed E-state index contributed by atoms with van der Waals surface area (Å²) >= 11 is 0. The third kappa shape index (κ3) is 3.93. The SMILES string of the molecule is CN(C)Cc1cc([C@@H]2CCCN2C(=O)c2cc(-c3ccc(F)cc3)n[nH]2)nn1C. The molecule has 1 fully saturated rings. The van der Waals surface area contributed by atoms with Crippen LogP contribution in [0.1, 0.15) is 40.8 Å². The summed E-state index contributed by atoms with van der Waals surface area (Å²) in [5.74, 6) is -0.391. The lowest BCUT2D eigenvalue weighted by Crippen LogP contribution is -2.31. The Morgan fingerprint density at radius 3 is 2.76 bits per heavy atom. The van der Waals surface area contributed by atoms with E-state index in [0.29, 0.717) is 17.9 Å². The summed E-state index contributed by atoms with van der Waals surface area (Å²) < 4.78 is 15.0. The predicted molar refractivity (Wildman–Crippen MR) is 108 cm³/mol. The summed E-state index contributed by atoms with van der Waals surface area (Å²) in [7, 11) is 5.98. The molecule has 1 amide bonds. The van der Waals surface area contributed by atoms with Crippen LogP contribution in [0.3, 0.4) is 0 Å². The van der Waals surface area contributed by atoms with Gasteiger partial charge >= 0.3 is 0 Å². The summed E-state index contributed by atoms with van der Waals surface area (Å²) in [5.41, 5.74) is 3.85. The Labute approximate surface area is 169 Å². The Balaban J connectivity index is 1.55. The van der Waals surface area contributed by atoms with Gasteiger partial charge in [0, 0.05) is 25.7 Å². The molecule has 0 radical (unpaired) electrons. The molecule has 0 saturated carbocycles. The Kier molecular flexibility index (Phi) is 5.19. The minimum atomic E-state index is -0.301. The van der Waals surface area contributed by atoms with E-state index < -0.39 is 0 Å². The second kappa shape index (κ2) is 7.79. The lowest BCUT2D eigenvalue weighted by molar-refractivity contribution is 0.0726. The van der Waals surface area contributed by atoms with E-state index in [1.165, 1.54) is 12.1 Å². The van der Waals surface area contributed by atoms with Gasteiger partial charge in [-0.3, -0.25) is 14.6 Å². The van der Waals surface area contributed by atoms with Gasteiger partial charge in [0.15, 0.2) is 0 Å². The first-order valence-electron chi connectivity index (χ1n) is 9.72. The van der Waals surface area contributed by atoms with Crippen molar-refractivity contribution in [2.24, 2.45) is 7.05 Å². The summed E-state index contributed by atoms with van der Waals surface area (Å²) in [6.45, 7) is 1.49. The fourth-order valence-corrected chi connectivity index (χ4v) is 3.84. The van der Waals surface area contributed by atoms with E-state index in [9.17, 15) is 9.18 Å². The largest absolute Gasteiger partial charge is 0.329 e. The molecule has 29 heavy (non-hydrogen) atoms. The number of likely N-dealkylation sites (tertiary alicyclic amines) is 1. The van der Waals surface area contributed by atoms with Gasteiger partial charge in [-0.2, -0.15) is 10.2 Å². The number of carbonyl (C=O) groups is 1. The highest BCUT2D eigenvalue weighted by atomic mass is 19.1. The first-order chi connectivity index (χ1) is 13.9. The summed E-state index contributed by atoms with van der Waals surface area (Å²) in [5, 5.41) is 11.7. The molecule has 0 spiro atoms. The van der Waals surface area contributed by atoms with Crippen molar-refractivity contribution < 1.29 is 9.18 Å². The van der Waals surface area contributed by atoms with Crippen LogP contribution in [-0.4, -0.2) is 56.3 Å². The molecule has 1 aromatic carbocycles. The van der Waals surface area contributed by atoms with Crippen molar-refractivity contribution >= 4 is 5.91 Å². The second-order valence-electron chi connectivity index (χ2n) is 7.75. The Morgan fingerprint density at radius 2 is 2.03 bits per heavy atom. The fourth-order valence-electron chi connectivity index (χ4n) is 3.84. The van der Waals surface area contributed by atoms with Gasteiger partial charge in [-0.05, 0) is 63.3 Å². The number of aromatic nitrogens is 4. The van der Waals surface area contributed by atoms with E-state index in [1.54, 1.807) is 18.2 Å². The monoisotopic (exact) mass is 396 g/mol. The molecule has 1 N–H and O–H groups in total. The van der Waals surface area contributed by atoms with Crippen LogP contribution in [0.2, 0.25) is 0 Å². The quantitative estimate of drug-likeness (QED) is 0.720. The lowest BCUT2D eigenvalue weighted by Gasteiger charge is -2.22. The van der Waals surface area contributed by atoms with Crippen molar-refractivity contribution in [3.8, 4) is 11.3 Å². The van der Waals surface area contributed by atoms with Crippen LogP contribution in [0.4, 0.5) is 4.39 Å². The summed E-state index contributed by atoms with van der Waals surface area (Å²) in [6, 6.07) is 9.84. The molecule has 0 bridgehead atoms. The first kappa shape index (κ1) is 19.3. The standard InChI is InChI=1S/C21H25FN6O/c1-26(2)13-16-11-18(25-27(16)3)20-5-4-10-28(20)21(29)19-12-17(23-24-19)14-6-8-15(22)9-7-14/h6-9,11-12,20H,4-5,10,13H2,1-3H3,(H,23,24)/t20-/m0/s1. The van der Waals surface area contributed by atoms with E-state index in [2.05, 4.69) is 26.3 Å². The zero-order valence-corrected chi connectivity index (χ0v) is 16.9. The number of hydrogen-bond donors (Lipinski definition) is 1. The molecule has 1 aliphatic heterocycles. The van der Waals surface area contributed by atoms with Crippen molar-refractivity contribution in [2.75, 3.05) is 20.6 Å². The van der Waals surface area contributed by atoms with Crippen LogP contribution >= 0.6 is 0 Å². The molecular weight excluding hydrogens is 371 g/mol. The van der Waals surface area contributed by atoms with Gasteiger partial charge in [0.25, 0.3) is 5.91 Å². The zero-order valence-electron chi connectivity index (χ0n) is 16.9. The highest BCUT2D eigenvalue weighted by Crippen LogP contribution is 2.33. The molecule has 3 aromatic rings. The molecule has 1 aliphatic rings. The molecule has 3 heterocycles. The van der Waals surface area contributed by atoms with E-state index in [4.69, 9.17) is 0 Å². The minimum Gasteiger partial charge on any atom is -0.329 e. The molecule has 0 aliphatic carbocycles. The van der Waals surface area contributed by atoms with Gasteiger partial charge in [-0.25, -0.2) is 4.39 Å². The average Bonchev–Trinajstić information content (AvgIpc) is 3.41. The van der Waals surface area contributed by atoms with Crippen molar-refractivity contribution in [1.29, 1.82) is 0 Å². The highest BCUT2D eigenvalue weighted by molar-refractivity contribution is 5.93. The van der Waals surface area contributed by atoms with Crippen LogP contribution in [0, 0.1) is 5.82 Å². The number of rotatable bonds is 5. The molecular formula is C21H25FN6O. The number of carbonyl (C=O) groups excluding carboxylic acids is 1. The van der Waals surface area contributed by atoms with Gasteiger partial charge in [0.1, 0.15) is 11.5 Å². The average molecular weight is 396 g/mol.